The molecular formula is C27H26N2O2S. The van der Waals surface area contributed by atoms with E-state index in [-0.39, 0.29) is 23.5 Å². The first-order valence-electron chi connectivity index (χ1n) is 11.1. The molecule has 0 unspecified atom stereocenters. The van der Waals surface area contributed by atoms with E-state index in [0.29, 0.717) is 6.42 Å². The standard InChI is InChI=1S/C27H26N2O2S/c1-17(2)27(31)29-22-12-7-6-11-20(22)28-21-15-19(18-9-4-3-5-10-18)16-23(30)25(21)26(29)24-13-8-14-32-24/h3-14,17,19,26,28H,15-16H2,1-2H3/t19-,26+/m1/s1. The van der Waals surface area contributed by atoms with Crippen LogP contribution >= 0.6 is 11.3 Å². The fourth-order valence-electron chi connectivity index (χ4n) is 4.79. The SMILES string of the molecule is CC(C)C(=O)N1c2ccccc2NC2=C(C(=O)C[C@H](c3ccccc3)C2)[C@@H]1c1cccs1. The fourth-order valence-corrected chi connectivity index (χ4v) is 5.61. The molecule has 1 N–H and O–H groups in total. The van der Waals surface area contributed by atoms with E-state index in [1.54, 1.807) is 11.3 Å². The summed E-state index contributed by atoms with van der Waals surface area (Å²) in [5.74, 6) is 0.0617. The first kappa shape index (κ1) is 20.7. The summed E-state index contributed by atoms with van der Waals surface area (Å²) in [6.07, 6.45) is 1.19. The van der Waals surface area contributed by atoms with E-state index in [0.717, 1.165) is 33.9 Å². The number of fused-ring (bicyclic) bond motifs is 1. The molecule has 4 nitrogen and oxygen atoms in total. The van der Waals surface area contributed by atoms with Crippen molar-refractivity contribution in [3.05, 3.63) is 93.8 Å². The number of thiophene rings is 1. The van der Waals surface area contributed by atoms with Crippen molar-refractivity contribution in [2.75, 3.05) is 10.2 Å². The van der Waals surface area contributed by atoms with Crippen LogP contribution in [0.1, 0.15) is 49.1 Å². The van der Waals surface area contributed by atoms with Gasteiger partial charge in [-0.3, -0.25) is 14.5 Å². The molecule has 0 radical (unpaired) electrons. The van der Waals surface area contributed by atoms with Crippen LogP contribution in [0, 0.1) is 5.92 Å². The second-order valence-corrected chi connectivity index (χ2v) is 9.73. The molecule has 2 aromatic carbocycles. The lowest BCUT2D eigenvalue weighted by Crippen LogP contribution is -2.40. The van der Waals surface area contributed by atoms with Crippen molar-refractivity contribution < 1.29 is 9.59 Å². The molecule has 0 spiro atoms. The van der Waals surface area contributed by atoms with Gasteiger partial charge in [-0.15, -0.1) is 11.3 Å². The summed E-state index contributed by atoms with van der Waals surface area (Å²) >= 11 is 1.59. The summed E-state index contributed by atoms with van der Waals surface area (Å²) in [4.78, 5) is 30.1. The van der Waals surface area contributed by atoms with E-state index < -0.39 is 6.04 Å². The van der Waals surface area contributed by atoms with Crippen molar-refractivity contribution in [3.63, 3.8) is 0 Å². The molecule has 2 heterocycles. The number of nitrogens with one attached hydrogen (secondary N) is 1. The molecule has 162 valence electrons. The highest BCUT2D eigenvalue weighted by molar-refractivity contribution is 7.10. The predicted molar refractivity (Wildman–Crippen MR) is 130 cm³/mol. The number of hydrogen-bond acceptors (Lipinski definition) is 4. The maximum absolute atomic E-state index is 13.7. The van der Waals surface area contributed by atoms with Gasteiger partial charge in [-0.1, -0.05) is 62.4 Å². The van der Waals surface area contributed by atoms with Gasteiger partial charge in [-0.25, -0.2) is 0 Å². The molecule has 0 bridgehead atoms. The quantitative estimate of drug-likeness (QED) is 0.517. The lowest BCUT2D eigenvalue weighted by Gasteiger charge is -2.35. The number of para-hydroxylation sites is 2. The smallest absolute Gasteiger partial charge is 0.230 e. The zero-order chi connectivity index (χ0) is 22.2. The van der Waals surface area contributed by atoms with E-state index in [2.05, 4.69) is 17.4 Å². The minimum Gasteiger partial charge on any atom is -0.357 e. The third-order valence-electron chi connectivity index (χ3n) is 6.30. The zero-order valence-electron chi connectivity index (χ0n) is 18.2. The number of amides is 1. The number of anilines is 2. The van der Waals surface area contributed by atoms with Crippen molar-refractivity contribution in [1.82, 2.24) is 0 Å². The Kier molecular flexibility index (Phi) is 5.43. The zero-order valence-corrected chi connectivity index (χ0v) is 19.1. The van der Waals surface area contributed by atoms with Gasteiger partial charge in [-0.05, 0) is 41.5 Å². The van der Waals surface area contributed by atoms with Crippen LogP contribution in [-0.4, -0.2) is 11.7 Å². The van der Waals surface area contributed by atoms with Crippen LogP contribution in [-0.2, 0) is 9.59 Å². The number of carbonyl (C=O) groups is 2. The summed E-state index contributed by atoms with van der Waals surface area (Å²) < 4.78 is 0. The van der Waals surface area contributed by atoms with Crippen molar-refractivity contribution >= 4 is 34.4 Å². The van der Waals surface area contributed by atoms with Crippen LogP contribution < -0.4 is 10.2 Å². The van der Waals surface area contributed by atoms with E-state index in [9.17, 15) is 9.59 Å². The number of allylic oxidation sites excluding steroid dienone is 1. The summed E-state index contributed by atoms with van der Waals surface area (Å²) in [6, 6.07) is 21.7. The molecule has 0 saturated heterocycles. The van der Waals surface area contributed by atoms with E-state index >= 15 is 0 Å². The van der Waals surface area contributed by atoms with Crippen molar-refractivity contribution in [3.8, 4) is 0 Å². The van der Waals surface area contributed by atoms with Crippen molar-refractivity contribution in [2.45, 2.75) is 38.6 Å². The molecule has 1 aliphatic carbocycles. The minimum absolute atomic E-state index is 0.0179. The van der Waals surface area contributed by atoms with Crippen molar-refractivity contribution in [2.24, 2.45) is 5.92 Å². The minimum atomic E-state index is -0.416. The number of rotatable bonds is 3. The van der Waals surface area contributed by atoms with Crippen LogP contribution in [0.5, 0.6) is 0 Å². The van der Waals surface area contributed by atoms with Crippen LogP contribution in [0.15, 0.2) is 83.4 Å². The Bertz CT molecular complexity index is 1180. The molecular weight excluding hydrogens is 416 g/mol. The van der Waals surface area contributed by atoms with Crippen molar-refractivity contribution in [1.29, 1.82) is 0 Å². The first-order valence-corrected chi connectivity index (χ1v) is 12.0. The highest BCUT2D eigenvalue weighted by atomic mass is 32.1. The molecule has 1 aliphatic heterocycles. The molecule has 1 amide bonds. The van der Waals surface area contributed by atoms with E-state index in [1.807, 2.05) is 78.7 Å². The van der Waals surface area contributed by atoms with Gasteiger partial charge in [0.15, 0.2) is 5.78 Å². The summed E-state index contributed by atoms with van der Waals surface area (Å²) in [5, 5.41) is 5.59. The Balaban J connectivity index is 1.70. The average molecular weight is 443 g/mol. The molecule has 5 rings (SSSR count). The molecule has 0 saturated carbocycles. The van der Waals surface area contributed by atoms with Gasteiger partial charge in [0.1, 0.15) is 6.04 Å². The molecule has 5 heteroatoms. The molecule has 0 fully saturated rings. The Morgan fingerprint density at radius 1 is 1.00 bits per heavy atom. The second-order valence-electron chi connectivity index (χ2n) is 8.75. The average Bonchev–Trinajstić information content (AvgIpc) is 3.28. The van der Waals surface area contributed by atoms with Gasteiger partial charge in [0.05, 0.1) is 11.4 Å². The number of carbonyl (C=O) groups excluding carboxylic acids is 2. The number of ketones is 1. The fraction of sp³-hybridized carbons (Fsp3) is 0.259. The Morgan fingerprint density at radius 2 is 1.75 bits per heavy atom. The first-order chi connectivity index (χ1) is 15.5. The second kappa shape index (κ2) is 8.40. The predicted octanol–water partition coefficient (Wildman–Crippen LogP) is 6.30. The lowest BCUT2D eigenvalue weighted by atomic mass is 9.79. The molecule has 2 atom stereocenters. The van der Waals surface area contributed by atoms with Crippen LogP contribution in [0.25, 0.3) is 0 Å². The van der Waals surface area contributed by atoms with Gasteiger partial charge in [-0.2, -0.15) is 0 Å². The van der Waals surface area contributed by atoms with Gasteiger partial charge in [0.2, 0.25) is 5.91 Å². The third-order valence-corrected chi connectivity index (χ3v) is 7.23. The van der Waals surface area contributed by atoms with Gasteiger partial charge in [0, 0.05) is 28.5 Å². The van der Waals surface area contributed by atoms with Crippen LogP contribution in [0.4, 0.5) is 11.4 Å². The van der Waals surface area contributed by atoms with Gasteiger partial charge < -0.3 is 5.32 Å². The monoisotopic (exact) mass is 442 g/mol. The number of hydrogen-bond donors (Lipinski definition) is 1. The lowest BCUT2D eigenvalue weighted by molar-refractivity contribution is -0.121. The molecule has 32 heavy (non-hydrogen) atoms. The number of nitrogens with zero attached hydrogens (tertiary/aromatic N) is 1. The molecule has 2 aliphatic rings. The molecule has 1 aromatic heterocycles. The van der Waals surface area contributed by atoms with Gasteiger partial charge in [0.25, 0.3) is 0 Å². The summed E-state index contributed by atoms with van der Waals surface area (Å²) in [6.45, 7) is 3.83. The summed E-state index contributed by atoms with van der Waals surface area (Å²) in [5.41, 5.74) is 4.52. The van der Waals surface area contributed by atoms with Crippen LogP contribution in [0.2, 0.25) is 0 Å². The van der Waals surface area contributed by atoms with Gasteiger partial charge >= 0.3 is 0 Å². The summed E-state index contributed by atoms with van der Waals surface area (Å²) in [7, 11) is 0. The van der Waals surface area contributed by atoms with Crippen LogP contribution in [0.3, 0.4) is 0 Å². The Morgan fingerprint density at radius 3 is 2.47 bits per heavy atom. The normalized spacial score (nSPS) is 20.5. The topological polar surface area (TPSA) is 49.4 Å². The third kappa shape index (κ3) is 3.56. The largest absolute Gasteiger partial charge is 0.357 e. The Labute approximate surface area is 192 Å². The molecule has 3 aromatic rings. The number of benzene rings is 2. The highest BCUT2D eigenvalue weighted by Gasteiger charge is 2.42. The highest BCUT2D eigenvalue weighted by Crippen LogP contribution is 2.48. The van der Waals surface area contributed by atoms with E-state index in [4.69, 9.17) is 0 Å². The maximum atomic E-state index is 13.7. The van der Waals surface area contributed by atoms with E-state index in [1.165, 1.54) is 5.56 Å². The Hall–Kier alpha value is -3.18. The number of Topliss-reactive ketones (excluding diaryl/α,β-unsaturated/α-hetero) is 1. The maximum Gasteiger partial charge on any atom is 0.230 e.